The molecule has 0 unspecified atom stereocenters. The summed E-state index contributed by atoms with van der Waals surface area (Å²) in [7, 11) is 0. The summed E-state index contributed by atoms with van der Waals surface area (Å²) in [4.78, 5) is 15.4. The Hall–Kier alpha value is -2.36. The predicted molar refractivity (Wildman–Crippen MR) is 68.4 cm³/mol. The molecule has 0 saturated heterocycles. The molecule has 0 bridgehead atoms. The van der Waals surface area contributed by atoms with Gasteiger partial charge in [0.05, 0.1) is 5.69 Å². The summed E-state index contributed by atoms with van der Waals surface area (Å²) in [6.45, 7) is 1.54. The van der Waals surface area contributed by atoms with Gasteiger partial charge in [0.25, 0.3) is 0 Å². The third-order valence-corrected chi connectivity index (χ3v) is 2.37. The number of Topliss-reactive ketones (excluding diaryl/α,β-unsaturated/α-hetero) is 1. The molecule has 3 N–H and O–H groups in total. The van der Waals surface area contributed by atoms with E-state index in [1.54, 1.807) is 30.5 Å². The second-order valence-electron chi connectivity index (χ2n) is 3.70. The van der Waals surface area contributed by atoms with Gasteiger partial charge in [-0.1, -0.05) is 12.1 Å². The van der Waals surface area contributed by atoms with Gasteiger partial charge in [-0.25, -0.2) is 4.98 Å². The van der Waals surface area contributed by atoms with Crippen molar-refractivity contribution in [3.05, 3.63) is 48.2 Å². The van der Waals surface area contributed by atoms with Gasteiger partial charge in [-0.3, -0.25) is 4.79 Å². The zero-order valence-corrected chi connectivity index (χ0v) is 9.47. The van der Waals surface area contributed by atoms with Crippen molar-refractivity contribution in [2.24, 2.45) is 0 Å². The van der Waals surface area contributed by atoms with Gasteiger partial charge in [-0.2, -0.15) is 0 Å². The number of ketones is 1. The Kier molecular flexibility index (Phi) is 3.05. The van der Waals surface area contributed by atoms with Crippen molar-refractivity contribution in [1.82, 2.24) is 4.98 Å². The molecule has 0 atom stereocenters. The highest BCUT2D eigenvalue weighted by Gasteiger charge is 2.03. The number of carbonyl (C=O) groups excluding carboxylic acids is 1. The maximum atomic E-state index is 11.2. The Balaban J connectivity index is 2.28. The minimum absolute atomic E-state index is 0.0302. The summed E-state index contributed by atoms with van der Waals surface area (Å²) in [6.07, 6.45) is 1.66. The van der Waals surface area contributed by atoms with Crippen molar-refractivity contribution in [1.29, 1.82) is 0 Å². The number of anilines is 3. The normalized spacial score (nSPS) is 9.94. The molecule has 86 valence electrons. The van der Waals surface area contributed by atoms with Crippen molar-refractivity contribution in [2.45, 2.75) is 6.92 Å². The number of benzene rings is 1. The van der Waals surface area contributed by atoms with Crippen molar-refractivity contribution >= 4 is 23.0 Å². The van der Waals surface area contributed by atoms with Crippen LogP contribution in [0.3, 0.4) is 0 Å². The first kappa shape index (κ1) is 11.1. The number of carbonyl (C=O) groups is 1. The lowest BCUT2D eigenvalue weighted by Crippen LogP contribution is -1.99. The van der Waals surface area contributed by atoms with Crippen LogP contribution in [0, 0.1) is 0 Å². The number of aromatic nitrogens is 1. The molecular formula is C13H13N3O. The van der Waals surface area contributed by atoms with Crippen LogP contribution in [0.4, 0.5) is 17.2 Å². The van der Waals surface area contributed by atoms with Gasteiger partial charge in [0.1, 0.15) is 0 Å². The van der Waals surface area contributed by atoms with Gasteiger partial charge in [0, 0.05) is 17.4 Å². The second kappa shape index (κ2) is 4.65. The molecule has 0 aliphatic rings. The molecule has 1 aromatic carbocycles. The molecule has 4 nitrogen and oxygen atoms in total. The molecular weight excluding hydrogens is 214 g/mol. The van der Waals surface area contributed by atoms with E-state index in [4.69, 9.17) is 5.73 Å². The summed E-state index contributed by atoms with van der Waals surface area (Å²) in [6, 6.07) is 10.8. The Morgan fingerprint density at radius 3 is 2.82 bits per heavy atom. The molecule has 2 aromatic rings. The fourth-order valence-corrected chi connectivity index (χ4v) is 1.47. The number of hydrogen-bond acceptors (Lipinski definition) is 4. The summed E-state index contributed by atoms with van der Waals surface area (Å²) < 4.78 is 0. The van der Waals surface area contributed by atoms with E-state index in [2.05, 4.69) is 10.3 Å². The van der Waals surface area contributed by atoms with Crippen molar-refractivity contribution in [2.75, 3.05) is 11.1 Å². The minimum atomic E-state index is 0.0302. The maximum Gasteiger partial charge on any atom is 0.159 e. The first-order chi connectivity index (χ1) is 8.16. The number of hydrogen-bond donors (Lipinski definition) is 2. The summed E-state index contributed by atoms with van der Waals surface area (Å²) in [5, 5.41) is 3.08. The van der Waals surface area contributed by atoms with Gasteiger partial charge < -0.3 is 11.1 Å². The Morgan fingerprint density at radius 2 is 2.12 bits per heavy atom. The van der Waals surface area contributed by atoms with E-state index in [1.807, 2.05) is 12.1 Å². The molecule has 1 aromatic heterocycles. The van der Waals surface area contributed by atoms with Gasteiger partial charge in [0.15, 0.2) is 11.6 Å². The van der Waals surface area contributed by atoms with Crippen LogP contribution in [-0.2, 0) is 0 Å². The fourth-order valence-electron chi connectivity index (χ4n) is 1.47. The highest BCUT2D eigenvalue weighted by atomic mass is 16.1. The molecule has 0 saturated carbocycles. The van der Waals surface area contributed by atoms with E-state index in [1.165, 1.54) is 6.92 Å². The first-order valence-corrected chi connectivity index (χ1v) is 5.25. The van der Waals surface area contributed by atoms with Gasteiger partial charge in [0.2, 0.25) is 0 Å². The van der Waals surface area contributed by atoms with Gasteiger partial charge >= 0.3 is 0 Å². The van der Waals surface area contributed by atoms with Crippen LogP contribution in [0.5, 0.6) is 0 Å². The Labute approximate surface area is 99.5 Å². The number of nitrogens with one attached hydrogen (secondary N) is 1. The zero-order valence-electron chi connectivity index (χ0n) is 9.47. The average molecular weight is 227 g/mol. The first-order valence-electron chi connectivity index (χ1n) is 5.25. The second-order valence-corrected chi connectivity index (χ2v) is 3.70. The Morgan fingerprint density at radius 1 is 1.29 bits per heavy atom. The number of nitrogens with two attached hydrogens (primary N) is 1. The molecule has 0 aliphatic carbocycles. The molecule has 4 heteroatoms. The van der Waals surface area contributed by atoms with Crippen molar-refractivity contribution in [3.8, 4) is 0 Å². The van der Waals surface area contributed by atoms with Crippen LogP contribution in [0.1, 0.15) is 17.3 Å². The standard InChI is InChI=1S/C13H13N3O/c1-9(17)10-4-2-5-11(8-10)16-13-12(14)6-3-7-15-13/h2-8H,14H2,1H3,(H,15,16). The highest BCUT2D eigenvalue weighted by molar-refractivity contribution is 5.95. The zero-order chi connectivity index (χ0) is 12.3. The quantitative estimate of drug-likeness (QED) is 0.791. The summed E-state index contributed by atoms with van der Waals surface area (Å²) in [5.41, 5.74) is 7.80. The van der Waals surface area contributed by atoms with Crippen LogP contribution in [-0.4, -0.2) is 10.8 Å². The van der Waals surface area contributed by atoms with E-state index >= 15 is 0 Å². The van der Waals surface area contributed by atoms with Crippen LogP contribution in [0.2, 0.25) is 0 Å². The Bertz CT molecular complexity index is 552. The molecule has 0 spiro atoms. The predicted octanol–water partition coefficient (Wildman–Crippen LogP) is 2.61. The maximum absolute atomic E-state index is 11.2. The lowest BCUT2D eigenvalue weighted by Gasteiger charge is -2.08. The molecule has 1 heterocycles. The van der Waals surface area contributed by atoms with Gasteiger partial charge in [-0.15, -0.1) is 0 Å². The fraction of sp³-hybridized carbons (Fsp3) is 0.0769. The number of rotatable bonds is 3. The van der Waals surface area contributed by atoms with Gasteiger partial charge in [-0.05, 0) is 31.2 Å². The lowest BCUT2D eigenvalue weighted by molar-refractivity contribution is 0.101. The molecule has 0 radical (unpaired) electrons. The molecule has 0 amide bonds. The largest absolute Gasteiger partial charge is 0.396 e. The summed E-state index contributed by atoms with van der Waals surface area (Å²) >= 11 is 0. The van der Waals surface area contributed by atoms with Crippen molar-refractivity contribution in [3.63, 3.8) is 0 Å². The average Bonchev–Trinajstić information content (AvgIpc) is 2.32. The van der Waals surface area contributed by atoms with Crippen LogP contribution in [0.15, 0.2) is 42.6 Å². The third-order valence-electron chi connectivity index (χ3n) is 2.37. The molecule has 0 aliphatic heterocycles. The van der Waals surface area contributed by atoms with Crippen LogP contribution >= 0.6 is 0 Å². The monoisotopic (exact) mass is 227 g/mol. The minimum Gasteiger partial charge on any atom is -0.396 e. The highest BCUT2D eigenvalue weighted by Crippen LogP contribution is 2.20. The van der Waals surface area contributed by atoms with E-state index in [0.717, 1.165) is 5.69 Å². The molecule has 17 heavy (non-hydrogen) atoms. The van der Waals surface area contributed by atoms with E-state index in [0.29, 0.717) is 17.1 Å². The lowest BCUT2D eigenvalue weighted by atomic mass is 10.1. The van der Waals surface area contributed by atoms with Crippen molar-refractivity contribution < 1.29 is 4.79 Å². The molecule has 0 fully saturated rings. The van der Waals surface area contributed by atoms with E-state index in [-0.39, 0.29) is 5.78 Å². The van der Waals surface area contributed by atoms with E-state index in [9.17, 15) is 4.79 Å². The smallest absolute Gasteiger partial charge is 0.159 e. The molecule has 2 rings (SSSR count). The SMILES string of the molecule is CC(=O)c1cccc(Nc2ncccc2N)c1. The van der Waals surface area contributed by atoms with Crippen LogP contribution < -0.4 is 11.1 Å². The number of pyridine rings is 1. The summed E-state index contributed by atoms with van der Waals surface area (Å²) in [5.74, 6) is 0.621. The number of nitrogens with zero attached hydrogens (tertiary/aromatic N) is 1. The van der Waals surface area contributed by atoms with Crippen LogP contribution in [0.25, 0.3) is 0 Å². The third kappa shape index (κ3) is 2.60. The van der Waals surface area contributed by atoms with E-state index < -0.39 is 0 Å². The topological polar surface area (TPSA) is 68.0 Å². The number of nitrogen functional groups attached to an aromatic ring is 1.